The number of rotatable bonds is 11. The zero-order chi connectivity index (χ0) is 17.8. The molecule has 24 heavy (non-hydrogen) atoms. The first kappa shape index (κ1) is 20.1. The molecular formula is C18H26O6. The maximum absolute atomic E-state index is 12.0. The van der Waals surface area contributed by atoms with Gasteiger partial charge in [-0.2, -0.15) is 0 Å². The molecule has 0 aliphatic rings. The Bertz CT molecular complexity index is 488. The van der Waals surface area contributed by atoms with Crippen molar-refractivity contribution in [2.45, 2.75) is 26.9 Å². The van der Waals surface area contributed by atoms with E-state index >= 15 is 0 Å². The molecule has 0 heterocycles. The Hall–Kier alpha value is -1.92. The Kier molecular flexibility index (Phi) is 9.72. The Morgan fingerprint density at radius 1 is 0.958 bits per heavy atom. The van der Waals surface area contributed by atoms with E-state index in [-0.39, 0.29) is 25.3 Å². The van der Waals surface area contributed by atoms with Crippen LogP contribution in [0.2, 0.25) is 0 Å². The molecule has 6 nitrogen and oxygen atoms in total. The zero-order valence-electron chi connectivity index (χ0n) is 14.5. The molecule has 6 heteroatoms. The van der Waals surface area contributed by atoms with Crippen molar-refractivity contribution in [1.29, 1.82) is 0 Å². The van der Waals surface area contributed by atoms with Gasteiger partial charge in [-0.3, -0.25) is 9.59 Å². The van der Waals surface area contributed by atoms with E-state index in [1.807, 2.05) is 30.3 Å². The lowest BCUT2D eigenvalue weighted by Gasteiger charge is -2.16. The van der Waals surface area contributed by atoms with Crippen molar-refractivity contribution in [2.75, 3.05) is 27.1 Å². The van der Waals surface area contributed by atoms with Gasteiger partial charge >= 0.3 is 11.9 Å². The van der Waals surface area contributed by atoms with Crippen LogP contribution in [0.25, 0.3) is 0 Å². The summed E-state index contributed by atoms with van der Waals surface area (Å²) in [4.78, 5) is 23.8. The second-order valence-electron chi connectivity index (χ2n) is 5.61. The smallest absolute Gasteiger partial charge is 0.310 e. The second kappa shape index (κ2) is 11.6. The maximum atomic E-state index is 12.0. The van der Waals surface area contributed by atoms with Crippen LogP contribution in [0.15, 0.2) is 30.3 Å². The summed E-state index contributed by atoms with van der Waals surface area (Å²) in [5, 5.41) is 0. The highest BCUT2D eigenvalue weighted by atomic mass is 16.7. The van der Waals surface area contributed by atoms with Gasteiger partial charge in [0.05, 0.1) is 25.0 Å². The Balaban J connectivity index is 2.25. The predicted molar refractivity (Wildman–Crippen MR) is 88.0 cm³/mol. The van der Waals surface area contributed by atoms with Crippen LogP contribution in [-0.2, 0) is 35.1 Å². The first-order chi connectivity index (χ1) is 11.5. The fraction of sp³-hybridized carbons (Fsp3) is 0.556. The molecule has 0 amide bonds. The van der Waals surface area contributed by atoms with Crippen LogP contribution in [0.5, 0.6) is 0 Å². The number of carbonyl (C=O) groups excluding carboxylic acids is 2. The van der Waals surface area contributed by atoms with E-state index in [4.69, 9.17) is 18.9 Å². The third-order valence-electron chi connectivity index (χ3n) is 3.45. The average molecular weight is 338 g/mol. The number of hydrogen-bond donors (Lipinski definition) is 0. The van der Waals surface area contributed by atoms with E-state index in [1.54, 1.807) is 21.0 Å². The normalized spacial score (nSPS) is 13.1. The lowest BCUT2D eigenvalue weighted by Crippen LogP contribution is -2.23. The molecule has 0 radical (unpaired) electrons. The largest absolute Gasteiger partial charge is 0.461 e. The Labute approximate surface area is 143 Å². The minimum Gasteiger partial charge on any atom is -0.461 e. The van der Waals surface area contributed by atoms with Gasteiger partial charge in [-0.05, 0) is 12.0 Å². The van der Waals surface area contributed by atoms with Crippen molar-refractivity contribution >= 4 is 11.9 Å². The third kappa shape index (κ3) is 8.08. The first-order valence-electron chi connectivity index (χ1n) is 7.98. The monoisotopic (exact) mass is 338 g/mol. The molecule has 0 fully saturated rings. The van der Waals surface area contributed by atoms with Gasteiger partial charge in [0.25, 0.3) is 0 Å². The lowest BCUT2D eigenvalue weighted by atomic mass is 9.97. The van der Waals surface area contributed by atoms with E-state index in [0.29, 0.717) is 19.6 Å². The number of benzene rings is 1. The summed E-state index contributed by atoms with van der Waals surface area (Å²) in [6, 6.07) is 9.46. The standard InChI is InChI=1S/C18H26O6/c1-14(17(19)23-12-16-7-5-4-6-8-16)11-15(2)18(20)24-13-22-10-9-21-3/h4-8,14-15H,9-13H2,1-3H3/t14-,15-/m1/s1. The van der Waals surface area contributed by atoms with E-state index in [9.17, 15) is 9.59 Å². The number of ether oxygens (including phenoxy) is 4. The molecule has 0 aromatic heterocycles. The zero-order valence-corrected chi connectivity index (χ0v) is 14.5. The van der Waals surface area contributed by atoms with Gasteiger partial charge in [0, 0.05) is 7.11 Å². The molecule has 0 aliphatic carbocycles. The highest BCUT2D eigenvalue weighted by Crippen LogP contribution is 2.16. The van der Waals surface area contributed by atoms with Crippen LogP contribution in [0, 0.1) is 11.8 Å². The molecule has 0 aliphatic heterocycles. The molecule has 0 saturated carbocycles. The van der Waals surface area contributed by atoms with Gasteiger partial charge in [0.1, 0.15) is 6.61 Å². The highest BCUT2D eigenvalue weighted by Gasteiger charge is 2.23. The summed E-state index contributed by atoms with van der Waals surface area (Å²) in [6.07, 6.45) is 0.366. The van der Waals surface area contributed by atoms with Crippen molar-refractivity contribution in [3.8, 4) is 0 Å². The van der Waals surface area contributed by atoms with Crippen LogP contribution >= 0.6 is 0 Å². The summed E-state index contributed by atoms with van der Waals surface area (Å²) in [6.45, 7) is 4.39. The van der Waals surface area contributed by atoms with Crippen LogP contribution in [0.1, 0.15) is 25.8 Å². The SMILES string of the molecule is COCCOCOC(=O)[C@H](C)C[C@@H](C)C(=O)OCc1ccccc1. The number of esters is 2. The van der Waals surface area contributed by atoms with Crippen LogP contribution in [0.3, 0.4) is 0 Å². The lowest BCUT2D eigenvalue weighted by molar-refractivity contribution is -0.162. The van der Waals surface area contributed by atoms with E-state index < -0.39 is 11.9 Å². The molecule has 0 spiro atoms. The predicted octanol–water partition coefficient (Wildman–Crippen LogP) is 2.56. The van der Waals surface area contributed by atoms with E-state index in [2.05, 4.69) is 0 Å². The Morgan fingerprint density at radius 3 is 2.21 bits per heavy atom. The van der Waals surface area contributed by atoms with Crippen molar-refractivity contribution < 1.29 is 28.5 Å². The fourth-order valence-corrected chi connectivity index (χ4v) is 2.04. The van der Waals surface area contributed by atoms with E-state index in [1.165, 1.54) is 0 Å². The molecular weight excluding hydrogens is 312 g/mol. The van der Waals surface area contributed by atoms with Gasteiger partial charge in [-0.25, -0.2) is 0 Å². The molecule has 0 saturated heterocycles. The highest BCUT2D eigenvalue weighted by molar-refractivity contribution is 5.75. The minimum atomic E-state index is -0.407. The second-order valence-corrected chi connectivity index (χ2v) is 5.61. The quantitative estimate of drug-likeness (QED) is 0.351. The summed E-state index contributed by atoms with van der Waals surface area (Å²) in [5.74, 6) is -1.51. The third-order valence-corrected chi connectivity index (χ3v) is 3.45. The van der Waals surface area contributed by atoms with Crippen molar-refractivity contribution in [3.05, 3.63) is 35.9 Å². The first-order valence-corrected chi connectivity index (χ1v) is 7.98. The fourth-order valence-electron chi connectivity index (χ4n) is 2.04. The molecule has 0 unspecified atom stereocenters. The van der Waals surface area contributed by atoms with E-state index in [0.717, 1.165) is 5.56 Å². The number of methoxy groups -OCH3 is 1. The summed E-state index contributed by atoms with van der Waals surface area (Å²) in [7, 11) is 1.57. The van der Waals surface area contributed by atoms with Crippen molar-refractivity contribution in [1.82, 2.24) is 0 Å². The average Bonchev–Trinajstić information content (AvgIpc) is 2.60. The van der Waals surface area contributed by atoms with Gasteiger partial charge in [-0.15, -0.1) is 0 Å². The van der Waals surface area contributed by atoms with Gasteiger partial charge in [0.15, 0.2) is 6.79 Å². The molecule has 2 atom stereocenters. The van der Waals surface area contributed by atoms with Crippen LogP contribution in [0.4, 0.5) is 0 Å². The van der Waals surface area contributed by atoms with Crippen LogP contribution < -0.4 is 0 Å². The summed E-state index contributed by atoms with van der Waals surface area (Å²) >= 11 is 0. The van der Waals surface area contributed by atoms with Crippen LogP contribution in [-0.4, -0.2) is 39.1 Å². The van der Waals surface area contributed by atoms with Gasteiger partial charge < -0.3 is 18.9 Å². The summed E-state index contributed by atoms with van der Waals surface area (Å²) < 4.78 is 20.1. The molecule has 1 aromatic rings. The molecule has 0 N–H and O–H groups in total. The Morgan fingerprint density at radius 2 is 1.58 bits per heavy atom. The molecule has 1 aromatic carbocycles. The van der Waals surface area contributed by atoms with Crippen molar-refractivity contribution in [3.63, 3.8) is 0 Å². The molecule has 134 valence electrons. The number of carbonyl (C=O) groups is 2. The molecule has 1 rings (SSSR count). The van der Waals surface area contributed by atoms with Crippen molar-refractivity contribution in [2.24, 2.45) is 11.8 Å². The van der Waals surface area contributed by atoms with Gasteiger partial charge in [-0.1, -0.05) is 44.2 Å². The topological polar surface area (TPSA) is 71.1 Å². The van der Waals surface area contributed by atoms with Gasteiger partial charge in [0.2, 0.25) is 0 Å². The maximum Gasteiger partial charge on any atom is 0.310 e. The number of hydrogen-bond acceptors (Lipinski definition) is 6. The molecule has 0 bridgehead atoms. The minimum absolute atomic E-state index is 0.112. The summed E-state index contributed by atoms with van der Waals surface area (Å²) in [5.41, 5.74) is 0.929.